The molecule has 0 aliphatic heterocycles. The highest BCUT2D eigenvalue weighted by molar-refractivity contribution is 9.10. The third-order valence-electron chi connectivity index (χ3n) is 3.52. The molecule has 0 fully saturated rings. The van der Waals surface area contributed by atoms with Gasteiger partial charge in [0.05, 0.1) is 17.5 Å². The van der Waals surface area contributed by atoms with Crippen LogP contribution in [0.2, 0.25) is 0 Å². The summed E-state index contributed by atoms with van der Waals surface area (Å²) in [6.07, 6.45) is 3.90. The van der Waals surface area contributed by atoms with Gasteiger partial charge < -0.3 is 9.14 Å². The van der Waals surface area contributed by atoms with Crippen LogP contribution in [0, 0.1) is 11.3 Å². The van der Waals surface area contributed by atoms with Crippen molar-refractivity contribution >= 4 is 27.4 Å². The van der Waals surface area contributed by atoms with Crippen LogP contribution < -0.4 is 0 Å². The van der Waals surface area contributed by atoms with Crippen LogP contribution in [0.25, 0.3) is 5.52 Å². The highest BCUT2D eigenvalue weighted by Gasteiger charge is 2.12. The van der Waals surface area contributed by atoms with Crippen LogP contribution >= 0.6 is 15.9 Å². The molecule has 0 aliphatic carbocycles. The predicted molar refractivity (Wildman–Crippen MR) is 89.8 cm³/mol. The first-order valence-electron chi connectivity index (χ1n) is 7.06. The van der Waals surface area contributed by atoms with Gasteiger partial charge in [0.2, 0.25) is 0 Å². The first-order chi connectivity index (χ1) is 11.2. The van der Waals surface area contributed by atoms with E-state index in [1.807, 2.05) is 59.3 Å². The summed E-state index contributed by atoms with van der Waals surface area (Å²) in [5.74, 6) is -0.313. The molecule has 23 heavy (non-hydrogen) atoms. The van der Waals surface area contributed by atoms with E-state index >= 15 is 0 Å². The Kier molecular flexibility index (Phi) is 4.45. The van der Waals surface area contributed by atoms with Gasteiger partial charge in [-0.1, -0.05) is 34.1 Å². The number of rotatable bonds is 4. The zero-order chi connectivity index (χ0) is 16.2. The van der Waals surface area contributed by atoms with Gasteiger partial charge in [-0.05, 0) is 29.8 Å². The van der Waals surface area contributed by atoms with Gasteiger partial charge in [0.1, 0.15) is 12.7 Å². The fourth-order valence-electron chi connectivity index (χ4n) is 2.39. The molecule has 114 valence electrons. The molecule has 0 saturated carbocycles. The summed E-state index contributed by atoms with van der Waals surface area (Å²) in [6, 6.07) is 15.3. The fraction of sp³-hybridized carbons (Fsp3) is 0.111. The molecule has 0 saturated heterocycles. The Hall–Kier alpha value is -2.58. The highest BCUT2D eigenvalue weighted by Crippen LogP contribution is 2.19. The van der Waals surface area contributed by atoms with Gasteiger partial charge in [-0.15, -0.1) is 0 Å². The van der Waals surface area contributed by atoms with Gasteiger partial charge >= 0.3 is 5.97 Å². The van der Waals surface area contributed by atoms with Crippen LogP contribution in [-0.2, 0) is 22.6 Å². The van der Waals surface area contributed by atoms with E-state index < -0.39 is 0 Å². The maximum Gasteiger partial charge on any atom is 0.310 e. The van der Waals surface area contributed by atoms with E-state index in [1.54, 1.807) is 0 Å². The minimum absolute atomic E-state index is 0.0972. The Bertz CT molecular complexity index is 892. The second-order valence-corrected chi connectivity index (χ2v) is 6.01. The predicted octanol–water partition coefficient (Wildman–Crippen LogP) is 3.86. The van der Waals surface area contributed by atoms with Crippen molar-refractivity contribution in [2.75, 3.05) is 0 Å². The molecule has 0 aliphatic rings. The third-order valence-corrected chi connectivity index (χ3v) is 4.05. The lowest BCUT2D eigenvalue weighted by atomic mass is 10.1. The maximum atomic E-state index is 12.0. The molecule has 0 atom stereocenters. The van der Waals surface area contributed by atoms with Crippen LogP contribution in [0.4, 0.5) is 0 Å². The molecule has 5 heteroatoms. The fourth-order valence-corrected chi connectivity index (χ4v) is 2.66. The van der Waals surface area contributed by atoms with Crippen molar-refractivity contribution in [2.45, 2.75) is 13.0 Å². The molecule has 1 aromatic carbocycles. The lowest BCUT2D eigenvalue weighted by Crippen LogP contribution is -2.08. The molecule has 2 aromatic heterocycles. The topological polar surface area (TPSA) is 54.5 Å². The Morgan fingerprint density at radius 3 is 2.74 bits per heavy atom. The Morgan fingerprint density at radius 2 is 2.00 bits per heavy atom. The molecule has 0 bridgehead atoms. The summed E-state index contributed by atoms with van der Waals surface area (Å²) in [7, 11) is 0. The number of pyridine rings is 1. The molecule has 0 spiro atoms. The van der Waals surface area contributed by atoms with E-state index in [0.29, 0.717) is 11.1 Å². The SMILES string of the molecule is N#Cc1c(COC(=O)Cc2ccc(Br)cc2)cn2ccccc12. The summed E-state index contributed by atoms with van der Waals surface area (Å²) in [4.78, 5) is 12.0. The van der Waals surface area contributed by atoms with Gasteiger partial charge in [-0.25, -0.2) is 0 Å². The number of halogens is 1. The van der Waals surface area contributed by atoms with Gasteiger partial charge in [0.25, 0.3) is 0 Å². The number of nitrogens with zero attached hydrogens (tertiary/aromatic N) is 2. The third kappa shape index (κ3) is 3.43. The van der Waals surface area contributed by atoms with Crippen molar-refractivity contribution in [3.8, 4) is 6.07 Å². The lowest BCUT2D eigenvalue weighted by molar-refractivity contribution is -0.144. The Balaban J connectivity index is 1.69. The number of carbonyl (C=O) groups is 1. The van der Waals surface area contributed by atoms with Crippen molar-refractivity contribution in [1.29, 1.82) is 5.26 Å². The molecule has 3 rings (SSSR count). The molecular formula is C18H13BrN2O2. The van der Waals surface area contributed by atoms with Crippen molar-refractivity contribution in [1.82, 2.24) is 4.40 Å². The van der Waals surface area contributed by atoms with Crippen LogP contribution in [0.3, 0.4) is 0 Å². The molecule has 3 aromatic rings. The van der Waals surface area contributed by atoms with Crippen LogP contribution in [0.1, 0.15) is 16.7 Å². The number of fused-ring (bicyclic) bond motifs is 1. The molecule has 0 radical (unpaired) electrons. The van der Waals surface area contributed by atoms with Crippen LogP contribution in [0.15, 0.2) is 59.3 Å². The first kappa shape index (κ1) is 15.3. The number of ether oxygens (including phenoxy) is 1. The monoisotopic (exact) mass is 368 g/mol. The number of benzene rings is 1. The second kappa shape index (κ2) is 6.67. The quantitative estimate of drug-likeness (QED) is 0.657. The van der Waals surface area contributed by atoms with Crippen LogP contribution in [-0.4, -0.2) is 10.4 Å². The van der Waals surface area contributed by atoms with Crippen LogP contribution in [0.5, 0.6) is 0 Å². The van der Waals surface area contributed by atoms with Crippen molar-refractivity contribution in [2.24, 2.45) is 0 Å². The largest absolute Gasteiger partial charge is 0.460 e. The number of carbonyl (C=O) groups excluding carboxylic acids is 1. The molecular weight excluding hydrogens is 356 g/mol. The normalized spacial score (nSPS) is 10.4. The Labute approximate surface area is 142 Å². The van der Waals surface area contributed by atoms with E-state index in [4.69, 9.17) is 4.74 Å². The van der Waals surface area contributed by atoms with Crippen molar-refractivity contribution in [3.05, 3.63) is 76.0 Å². The molecule has 2 heterocycles. The zero-order valence-corrected chi connectivity index (χ0v) is 13.8. The lowest BCUT2D eigenvalue weighted by Gasteiger charge is -2.04. The van der Waals surface area contributed by atoms with Gasteiger partial charge in [-0.3, -0.25) is 4.79 Å². The van der Waals surface area contributed by atoms with E-state index in [9.17, 15) is 10.1 Å². The molecule has 4 nitrogen and oxygen atoms in total. The van der Waals surface area contributed by atoms with E-state index in [2.05, 4.69) is 22.0 Å². The minimum Gasteiger partial charge on any atom is -0.460 e. The number of hydrogen-bond acceptors (Lipinski definition) is 3. The highest BCUT2D eigenvalue weighted by atomic mass is 79.9. The van der Waals surface area contributed by atoms with E-state index in [-0.39, 0.29) is 19.0 Å². The summed E-state index contributed by atoms with van der Waals surface area (Å²) in [5.41, 5.74) is 2.96. The molecule has 0 amide bonds. The molecule has 0 N–H and O–H groups in total. The Morgan fingerprint density at radius 1 is 1.22 bits per heavy atom. The van der Waals surface area contributed by atoms with Gasteiger partial charge in [-0.2, -0.15) is 5.26 Å². The average Bonchev–Trinajstić information content (AvgIpc) is 2.92. The zero-order valence-electron chi connectivity index (χ0n) is 12.2. The number of hydrogen-bond donors (Lipinski definition) is 0. The second-order valence-electron chi connectivity index (χ2n) is 5.10. The van der Waals surface area contributed by atoms with Crippen molar-refractivity contribution in [3.63, 3.8) is 0 Å². The minimum atomic E-state index is -0.313. The van der Waals surface area contributed by atoms with Gasteiger partial charge in [0.15, 0.2) is 0 Å². The van der Waals surface area contributed by atoms with Crippen molar-refractivity contribution < 1.29 is 9.53 Å². The summed E-state index contributed by atoms with van der Waals surface area (Å²) < 4.78 is 8.14. The van der Waals surface area contributed by atoms with E-state index in [0.717, 1.165) is 15.6 Å². The summed E-state index contributed by atoms with van der Waals surface area (Å²) in [6.45, 7) is 0.0972. The van der Waals surface area contributed by atoms with Gasteiger partial charge in [0, 0.05) is 22.4 Å². The smallest absolute Gasteiger partial charge is 0.310 e. The maximum absolute atomic E-state index is 12.0. The average molecular weight is 369 g/mol. The number of aromatic nitrogens is 1. The summed E-state index contributed by atoms with van der Waals surface area (Å²) >= 11 is 3.36. The first-order valence-corrected chi connectivity index (χ1v) is 7.85. The summed E-state index contributed by atoms with van der Waals surface area (Å²) in [5, 5.41) is 9.32. The number of esters is 1. The molecule has 0 unspecified atom stereocenters. The van der Waals surface area contributed by atoms with E-state index in [1.165, 1.54) is 0 Å². The standard InChI is InChI=1S/C18H13BrN2O2/c19-15-6-4-13(5-7-15)9-18(22)23-12-14-11-21-8-2-1-3-17(21)16(14)10-20/h1-8,11H,9,12H2. The number of nitriles is 1.